The lowest BCUT2D eigenvalue weighted by molar-refractivity contribution is -0.0597. The van der Waals surface area contributed by atoms with E-state index in [0.29, 0.717) is 12.5 Å². The lowest BCUT2D eigenvalue weighted by Gasteiger charge is -2.34. The minimum Gasteiger partial charge on any atom is -0.390 e. The number of ether oxygens (including phenoxy) is 1. The largest absolute Gasteiger partial charge is 0.390 e. The van der Waals surface area contributed by atoms with Crippen molar-refractivity contribution in [2.75, 3.05) is 6.61 Å². The molecule has 4 atom stereocenters. The number of hydrogen-bond donors (Lipinski definition) is 1. The highest BCUT2D eigenvalue weighted by Crippen LogP contribution is 2.34. The van der Waals surface area contributed by atoms with Gasteiger partial charge in [-0.1, -0.05) is 26.2 Å². The van der Waals surface area contributed by atoms with Crippen molar-refractivity contribution in [2.45, 2.75) is 65.1 Å². The van der Waals surface area contributed by atoms with Crippen molar-refractivity contribution < 1.29 is 9.84 Å². The second kappa shape index (κ2) is 6.49. The Labute approximate surface area is 94.0 Å². The van der Waals surface area contributed by atoms with Crippen molar-refractivity contribution >= 4 is 0 Å². The fourth-order valence-corrected chi connectivity index (χ4v) is 2.76. The maximum absolute atomic E-state index is 10.2. The Balaban J connectivity index is 2.40. The average Bonchev–Trinajstić information content (AvgIpc) is 2.28. The molecule has 0 spiro atoms. The molecule has 0 saturated heterocycles. The van der Waals surface area contributed by atoms with Gasteiger partial charge in [0.2, 0.25) is 0 Å². The van der Waals surface area contributed by atoms with Crippen LogP contribution in [0.25, 0.3) is 0 Å². The van der Waals surface area contributed by atoms with Gasteiger partial charge in [-0.05, 0) is 38.5 Å². The van der Waals surface area contributed by atoms with Crippen molar-refractivity contribution in [1.29, 1.82) is 0 Å². The predicted octanol–water partition coefficient (Wildman–Crippen LogP) is 2.99. The Morgan fingerprint density at radius 3 is 2.67 bits per heavy atom. The van der Waals surface area contributed by atoms with Gasteiger partial charge >= 0.3 is 0 Å². The molecule has 0 aliphatic heterocycles. The van der Waals surface area contributed by atoms with E-state index >= 15 is 0 Å². The summed E-state index contributed by atoms with van der Waals surface area (Å²) >= 11 is 0. The summed E-state index contributed by atoms with van der Waals surface area (Å²) in [5.74, 6) is 1.29. The first-order valence-electron chi connectivity index (χ1n) is 6.48. The van der Waals surface area contributed by atoms with Crippen LogP contribution in [0.5, 0.6) is 0 Å². The van der Waals surface area contributed by atoms with Crippen LogP contribution in [0.4, 0.5) is 0 Å². The van der Waals surface area contributed by atoms with E-state index in [4.69, 9.17) is 4.74 Å². The second-order valence-electron chi connectivity index (χ2n) is 4.85. The highest BCUT2D eigenvalue weighted by Gasteiger charge is 2.29. The molecule has 90 valence electrons. The van der Waals surface area contributed by atoms with E-state index in [-0.39, 0.29) is 12.2 Å². The van der Waals surface area contributed by atoms with Crippen LogP contribution in [0, 0.1) is 11.8 Å². The summed E-state index contributed by atoms with van der Waals surface area (Å²) in [7, 11) is 0. The molecular weight excluding hydrogens is 188 g/mol. The van der Waals surface area contributed by atoms with Gasteiger partial charge in [0.25, 0.3) is 0 Å². The van der Waals surface area contributed by atoms with E-state index in [0.717, 1.165) is 5.92 Å². The van der Waals surface area contributed by atoms with E-state index in [2.05, 4.69) is 6.92 Å². The maximum Gasteiger partial charge on any atom is 0.0827 e. The molecule has 2 heteroatoms. The molecule has 0 bridgehead atoms. The molecule has 1 saturated carbocycles. The molecule has 0 amide bonds. The fourth-order valence-electron chi connectivity index (χ4n) is 2.76. The molecule has 1 fully saturated rings. The first kappa shape index (κ1) is 13.0. The van der Waals surface area contributed by atoms with Gasteiger partial charge in [-0.2, -0.15) is 0 Å². The number of aliphatic hydroxyl groups is 1. The molecule has 0 radical (unpaired) electrons. The Kier molecular flexibility index (Phi) is 5.62. The molecule has 1 rings (SSSR count). The van der Waals surface area contributed by atoms with Crippen LogP contribution in [0.2, 0.25) is 0 Å². The van der Waals surface area contributed by atoms with Crippen LogP contribution in [-0.4, -0.2) is 23.9 Å². The van der Waals surface area contributed by atoms with E-state index in [1.54, 1.807) is 0 Å². The molecule has 0 heterocycles. The monoisotopic (exact) mass is 214 g/mol. The van der Waals surface area contributed by atoms with Gasteiger partial charge in [-0.15, -0.1) is 0 Å². The van der Waals surface area contributed by atoms with Crippen LogP contribution in [-0.2, 0) is 4.74 Å². The van der Waals surface area contributed by atoms with Crippen molar-refractivity contribution in [3.63, 3.8) is 0 Å². The molecule has 0 aromatic carbocycles. The summed E-state index contributed by atoms with van der Waals surface area (Å²) in [6.45, 7) is 6.93. The van der Waals surface area contributed by atoms with Crippen LogP contribution in [0.1, 0.15) is 52.9 Å². The zero-order valence-electron chi connectivity index (χ0n) is 10.4. The average molecular weight is 214 g/mol. The molecule has 15 heavy (non-hydrogen) atoms. The first-order valence-corrected chi connectivity index (χ1v) is 6.48. The van der Waals surface area contributed by atoms with Gasteiger partial charge in [0.05, 0.1) is 12.2 Å². The van der Waals surface area contributed by atoms with Gasteiger partial charge in [-0.25, -0.2) is 0 Å². The normalized spacial score (nSPS) is 31.2. The highest BCUT2D eigenvalue weighted by molar-refractivity contribution is 4.80. The third kappa shape index (κ3) is 3.76. The topological polar surface area (TPSA) is 29.5 Å². The van der Waals surface area contributed by atoms with E-state index in [1.807, 2.05) is 13.8 Å². The van der Waals surface area contributed by atoms with Gasteiger partial charge in [-0.3, -0.25) is 0 Å². The number of hydrogen-bond acceptors (Lipinski definition) is 2. The zero-order valence-corrected chi connectivity index (χ0v) is 10.4. The highest BCUT2D eigenvalue weighted by atomic mass is 16.5. The van der Waals surface area contributed by atoms with Gasteiger partial charge in [0.15, 0.2) is 0 Å². The van der Waals surface area contributed by atoms with E-state index in [1.165, 1.54) is 32.1 Å². The molecule has 1 aliphatic carbocycles. The Morgan fingerprint density at radius 2 is 2.07 bits per heavy atom. The second-order valence-corrected chi connectivity index (χ2v) is 4.85. The molecule has 2 nitrogen and oxygen atoms in total. The molecule has 1 aliphatic rings. The lowest BCUT2D eigenvalue weighted by Crippen LogP contribution is -2.36. The summed E-state index contributed by atoms with van der Waals surface area (Å²) in [5, 5.41) is 10.2. The first-order chi connectivity index (χ1) is 7.19. The Bertz CT molecular complexity index is 170. The maximum atomic E-state index is 10.2. The smallest absolute Gasteiger partial charge is 0.0827 e. The van der Waals surface area contributed by atoms with E-state index in [9.17, 15) is 5.11 Å². The quantitative estimate of drug-likeness (QED) is 0.762. The summed E-state index contributed by atoms with van der Waals surface area (Å²) < 4.78 is 5.48. The molecule has 4 unspecified atom stereocenters. The summed E-state index contributed by atoms with van der Waals surface area (Å²) in [4.78, 5) is 0. The summed E-state index contributed by atoms with van der Waals surface area (Å²) in [6.07, 6.45) is 5.98. The standard InChI is InChI=1S/C13H26O2/c1-4-11-7-6-8-12(9-11)13(14)10(3)15-5-2/h10-14H,4-9H2,1-3H3. The third-order valence-corrected chi connectivity index (χ3v) is 3.79. The van der Waals surface area contributed by atoms with Crippen LogP contribution < -0.4 is 0 Å². The SMILES string of the molecule is CCOC(C)C(O)C1CCCC(CC)C1. The zero-order chi connectivity index (χ0) is 11.3. The Hall–Kier alpha value is -0.0800. The van der Waals surface area contributed by atoms with Crippen molar-refractivity contribution in [2.24, 2.45) is 11.8 Å². The van der Waals surface area contributed by atoms with Gasteiger partial charge < -0.3 is 9.84 Å². The summed E-state index contributed by atoms with van der Waals surface area (Å²) in [6, 6.07) is 0. The molecule has 1 N–H and O–H groups in total. The van der Waals surface area contributed by atoms with Crippen LogP contribution in [0.15, 0.2) is 0 Å². The fraction of sp³-hybridized carbons (Fsp3) is 1.00. The molecular formula is C13H26O2. The van der Waals surface area contributed by atoms with Crippen LogP contribution >= 0.6 is 0 Å². The minimum absolute atomic E-state index is 0.00407. The van der Waals surface area contributed by atoms with Crippen molar-refractivity contribution in [3.05, 3.63) is 0 Å². The number of rotatable bonds is 5. The minimum atomic E-state index is -0.265. The summed E-state index contributed by atoms with van der Waals surface area (Å²) in [5.41, 5.74) is 0. The molecule has 0 aromatic rings. The van der Waals surface area contributed by atoms with Crippen LogP contribution in [0.3, 0.4) is 0 Å². The van der Waals surface area contributed by atoms with Gasteiger partial charge in [0, 0.05) is 6.61 Å². The number of aliphatic hydroxyl groups excluding tert-OH is 1. The molecule has 0 aromatic heterocycles. The van der Waals surface area contributed by atoms with Crippen molar-refractivity contribution in [3.8, 4) is 0 Å². The third-order valence-electron chi connectivity index (χ3n) is 3.79. The predicted molar refractivity (Wildman–Crippen MR) is 62.8 cm³/mol. The lowest BCUT2D eigenvalue weighted by atomic mass is 9.77. The Morgan fingerprint density at radius 1 is 1.33 bits per heavy atom. The van der Waals surface area contributed by atoms with Crippen molar-refractivity contribution in [1.82, 2.24) is 0 Å². The van der Waals surface area contributed by atoms with E-state index < -0.39 is 0 Å². The van der Waals surface area contributed by atoms with Gasteiger partial charge in [0.1, 0.15) is 0 Å².